The molecule has 130 valence electrons. The van der Waals surface area contributed by atoms with Crippen molar-refractivity contribution in [3.05, 3.63) is 84.1 Å². The molecule has 6 rings (SSSR count). The quantitative estimate of drug-likeness (QED) is 0.328. The van der Waals surface area contributed by atoms with Gasteiger partial charge < -0.3 is 9.55 Å². The van der Waals surface area contributed by atoms with Gasteiger partial charge in [0.2, 0.25) is 0 Å². The van der Waals surface area contributed by atoms with E-state index in [-0.39, 0.29) is 5.38 Å². The Balaban J connectivity index is 1.84. The lowest BCUT2D eigenvalue weighted by Crippen LogP contribution is -2.04. The Hall–Kier alpha value is -2.97. The molecule has 1 unspecified atom stereocenters. The summed E-state index contributed by atoms with van der Waals surface area (Å²) in [6, 6.07) is 23.7. The lowest BCUT2D eigenvalue weighted by atomic mass is 9.97. The van der Waals surface area contributed by atoms with Gasteiger partial charge in [0.1, 0.15) is 0 Å². The molecular weight excluding hydrogens is 352 g/mol. The molecule has 2 heterocycles. The van der Waals surface area contributed by atoms with E-state index in [9.17, 15) is 0 Å². The number of rotatable bonds is 1. The zero-order chi connectivity index (χ0) is 18.0. The maximum Gasteiger partial charge on any atom is 0.0561 e. The van der Waals surface area contributed by atoms with Gasteiger partial charge in [-0.3, -0.25) is 0 Å². The van der Waals surface area contributed by atoms with Crippen molar-refractivity contribution in [3.63, 3.8) is 0 Å². The third-order valence-corrected chi connectivity index (χ3v) is 5.92. The summed E-state index contributed by atoms with van der Waals surface area (Å²) in [4.78, 5) is 3.59. The smallest absolute Gasteiger partial charge is 0.0561 e. The van der Waals surface area contributed by atoms with E-state index < -0.39 is 0 Å². The normalized spacial score (nSPS) is 16.4. The van der Waals surface area contributed by atoms with Crippen LogP contribution < -0.4 is 0 Å². The highest BCUT2D eigenvalue weighted by atomic mass is 35.5. The van der Waals surface area contributed by atoms with Crippen LogP contribution in [0.5, 0.6) is 0 Å². The number of benzene rings is 3. The van der Waals surface area contributed by atoms with Gasteiger partial charge in [-0.05, 0) is 48.4 Å². The van der Waals surface area contributed by atoms with Crippen LogP contribution in [0.4, 0.5) is 0 Å². The SMILES string of the molecule is ClC1C=Cc2[nH]c3ccc4c(c5ccccc5n4-c4ccccc4)c3c2C1. The lowest BCUT2D eigenvalue weighted by molar-refractivity contribution is 1.00. The summed E-state index contributed by atoms with van der Waals surface area (Å²) in [5.74, 6) is 0. The molecule has 0 bridgehead atoms. The van der Waals surface area contributed by atoms with Gasteiger partial charge in [-0.2, -0.15) is 0 Å². The number of hydrogen-bond donors (Lipinski definition) is 1. The molecule has 2 nitrogen and oxygen atoms in total. The number of allylic oxidation sites excluding steroid dienone is 1. The van der Waals surface area contributed by atoms with Gasteiger partial charge in [0.05, 0.1) is 16.4 Å². The summed E-state index contributed by atoms with van der Waals surface area (Å²) in [7, 11) is 0. The van der Waals surface area contributed by atoms with Crippen LogP contribution >= 0.6 is 11.6 Å². The van der Waals surface area contributed by atoms with Crippen molar-refractivity contribution in [3.8, 4) is 5.69 Å². The van der Waals surface area contributed by atoms with Gasteiger partial charge in [0.25, 0.3) is 0 Å². The number of alkyl halides is 1. The predicted octanol–water partition coefficient (Wildman–Crippen LogP) is 6.44. The second-order valence-electron chi connectivity index (χ2n) is 7.17. The minimum absolute atomic E-state index is 0.0502. The van der Waals surface area contributed by atoms with Crippen molar-refractivity contribution in [2.45, 2.75) is 11.8 Å². The van der Waals surface area contributed by atoms with E-state index in [0.717, 1.165) is 6.42 Å². The van der Waals surface area contributed by atoms with Gasteiger partial charge >= 0.3 is 0 Å². The molecule has 3 aromatic carbocycles. The molecule has 2 aromatic heterocycles. The van der Waals surface area contributed by atoms with Crippen LogP contribution in [-0.4, -0.2) is 14.9 Å². The second-order valence-corrected chi connectivity index (χ2v) is 7.73. The van der Waals surface area contributed by atoms with Crippen molar-refractivity contribution in [2.24, 2.45) is 0 Å². The number of nitrogens with one attached hydrogen (secondary N) is 1. The summed E-state index contributed by atoms with van der Waals surface area (Å²) in [5.41, 5.74) is 7.34. The van der Waals surface area contributed by atoms with Gasteiger partial charge in [0.15, 0.2) is 0 Å². The predicted molar refractivity (Wildman–Crippen MR) is 115 cm³/mol. The van der Waals surface area contributed by atoms with Crippen LogP contribution in [0.25, 0.3) is 44.5 Å². The fourth-order valence-electron chi connectivity index (χ4n) is 4.51. The summed E-state index contributed by atoms with van der Waals surface area (Å²) in [6.07, 6.45) is 5.06. The number of hydrogen-bond acceptors (Lipinski definition) is 0. The molecule has 1 aliphatic rings. The average Bonchev–Trinajstić information content (AvgIpc) is 3.23. The van der Waals surface area contributed by atoms with E-state index in [2.05, 4.69) is 88.4 Å². The van der Waals surface area contributed by atoms with Crippen molar-refractivity contribution in [1.82, 2.24) is 9.55 Å². The fraction of sp³-hybridized carbons (Fsp3) is 0.0833. The Morgan fingerprint density at radius 2 is 1.67 bits per heavy atom. The summed E-state index contributed by atoms with van der Waals surface area (Å²) in [6.45, 7) is 0. The summed E-state index contributed by atoms with van der Waals surface area (Å²) < 4.78 is 2.36. The van der Waals surface area contributed by atoms with Crippen LogP contribution in [-0.2, 0) is 6.42 Å². The third-order valence-electron chi connectivity index (χ3n) is 5.62. The van der Waals surface area contributed by atoms with Gasteiger partial charge in [-0.1, -0.05) is 42.5 Å². The molecule has 0 amide bonds. The van der Waals surface area contributed by atoms with Crippen molar-refractivity contribution in [2.75, 3.05) is 0 Å². The van der Waals surface area contributed by atoms with Gasteiger partial charge in [-0.15, -0.1) is 11.6 Å². The molecule has 0 radical (unpaired) electrons. The monoisotopic (exact) mass is 368 g/mol. The summed E-state index contributed by atoms with van der Waals surface area (Å²) in [5, 5.41) is 3.95. The topological polar surface area (TPSA) is 20.7 Å². The number of halogens is 1. The summed E-state index contributed by atoms with van der Waals surface area (Å²) >= 11 is 6.47. The number of nitrogens with zero attached hydrogens (tertiary/aromatic N) is 1. The van der Waals surface area contributed by atoms with Crippen LogP contribution in [0, 0.1) is 0 Å². The maximum absolute atomic E-state index is 6.47. The molecule has 27 heavy (non-hydrogen) atoms. The molecule has 1 aliphatic carbocycles. The van der Waals surface area contributed by atoms with Gasteiger partial charge in [-0.25, -0.2) is 0 Å². The molecule has 0 aliphatic heterocycles. The van der Waals surface area contributed by atoms with Crippen LogP contribution in [0.2, 0.25) is 0 Å². The molecule has 1 atom stereocenters. The lowest BCUT2D eigenvalue weighted by Gasteiger charge is -2.11. The Morgan fingerprint density at radius 3 is 2.56 bits per heavy atom. The molecular formula is C24H17ClN2. The number of aromatic nitrogens is 2. The van der Waals surface area contributed by atoms with E-state index in [1.165, 1.54) is 49.7 Å². The van der Waals surface area contributed by atoms with Crippen molar-refractivity contribution >= 4 is 50.4 Å². The first kappa shape index (κ1) is 15.1. The Kier molecular flexibility index (Phi) is 3.09. The molecule has 0 fully saturated rings. The maximum atomic E-state index is 6.47. The highest BCUT2D eigenvalue weighted by Gasteiger charge is 2.22. The minimum Gasteiger partial charge on any atom is -0.355 e. The molecule has 0 saturated carbocycles. The fourth-order valence-corrected chi connectivity index (χ4v) is 4.73. The van der Waals surface area contributed by atoms with E-state index in [4.69, 9.17) is 11.6 Å². The van der Waals surface area contributed by atoms with Crippen LogP contribution in [0.1, 0.15) is 11.3 Å². The Labute approximate surface area is 161 Å². The molecule has 5 aromatic rings. The number of fused-ring (bicyclic) bond motifs is 7. The molecule has 1 N–H and O–H groups in total. The van der Waals surface area contributed by atoms with Crippen molar-refractivity contribution < 1.29 is 0 Å². The molecule has 0 spiro atoms. The van der Waals surface area contributed by atoms with E-state index >= 15 is 0 Å². The standard InChI is InChI=1S/C24H17ClN2/c25-15-10-11-19-18(14-15)23-20(26-19)12-13-22-24(23)17-8-4-5-9-21(17)27(22)16-6-2-1-3-7-16/h1-13,15,26H,14H2. The minimum atomic E-state index is 0.0502. The zero-order valence-corrected chi connectivity index (χ0v) is 15.4. The van der Waals surface area contributed by atoms with E-state index in [0.29, 0.717) is 0 Å². The molecule has 0 saturated heterocycles. The van der Waals surface area contributed by atoms with Crippen molar-refractivity contribution in [1.29, 1.82) is 0 Å². The number of aromatic amines is 1. The third kappa shape index (κ3) is 2.08. The van der Waals surface area contributed by atoms with E-state index in [1.807, 2.05) is 0 Å². The average molecular weight is 369 g/mol. The number of H-pyrrole nitrogens is 1. The number of para-hydroxylation sites is 2. The second kappa shape index (κ2) is 5.51. The first-order valence-corrected chi connectivity index (χ1v) is 9.69. The zero-order valence-electron chi connectivity index (χ0n) is 14.6. The molecule has 3 heteroatoms. The highest BCUT2D eigenvalue weighted by molar-refractivity contribution is 6.24. The largest absolute Gasteiger partial charge is 0.355 e. The Morgan fingerprint density at radius 1 is 0.852 bits per heavy atom. The first-order chi connectivity index (χ1) is 13.3. The highest BCUT2D eigenvalue weighted by Crippen LogP contribution is 2.40. The van der Waals surface area contributed by atoms with Gasteiger partial charge in [0, 0.05) is 33.1 Å². The van der Waals surface area contributed by atoms with Crippen LogP contribution in [0.15, 0.2) is 72.8 Å². The van der Waals surface area contributed by atoms with E-state index in [1.54, 1.807) is 0 Å². The first-order valence-electron chi connectivity index (χ1n) is 9.25. The Bertz CT molecular complexity index is 1360. The van der Waals surface area contributed by atoms with Crippen LogP contribution in [0.3, 0.4) is 0 Å².